The average molecular weight is 496 g/mol. The van der Waals surface area contributed by atoms with Crippen molar-refractivity contribution in [1.82, 2.24) is 4.90 Å². The van der Waals surface area contributed by atoms with Gasteiger partial charge in [0.2, 0.25) is 0 Å². The zero-order valence-corrected chi connectivity index (χ0v) is 20.0. The van der Waals surface area contributed by atoms with Crippen LogP contribution in [0.1, 0.15) is 16.7 Å². The highest BCUT2D eigenvalue weighted by Crippen LogP contribution is 2.55. The number of amides is 3. The predicted molar refractivity (Wildman–Crippen MR) is 132 cm³/mol. The Morgan fingerprint density at radius 2 is 1.94 bits per heavy atom. The maximum Gasteiger partial charge on any atom is 0.323 e. The molecule has 3 aromatic rings. The lowest BCUT2D eigenvalue weighted by Gasteiger charge is -2.33. The first-order valence-electron chi connectivity index (χ1n) is 11.1. The van der Waals surface area contributed by atoms with Crippen LogP contribution < -0.4 is 15.0 Å². The summed E-state index contributed by atoms with van der Waals surface area (Å²) in [5, 5.41) is 2.91. The number of methoxy groups -OCH3 is 1. The Morgan fingerprint density at radius 1 is 1.11 bits per heavy atom. The zero-order valence-electron chi connectivity index (χ0n) is 19.2. The van der Waals surface area contributed by atoms with Crippen LogP contribution in [0.5, 0.6) is 5.75 Å². The van der Waals surface area contributed by atoms with Crippen molar-refractivity contribution in [2.45, 2.75) is 18.3 Å². The molecule has 1 saturated heterocycles. The summed E-state index contributed by atoms with van der Waals surface area (Å²) < 4.78 is 32.8. The lowest BCUT2D eigenvalue weighted by molar-refractivity contribution is -0.123. The molecular weight excluding hydrogens is 472 g/mol. The first-order valence-corrected chi connectivity index (χ1v) is 12.1. The number of nitrogens with zero attached hydrogens (tertiary/aromatic N) is 2. The second-order valence-corrected chi connectivity index (χ2v) is 9.75. The smallest absolute Gasteiger partial charge is 0.323 e. The molecule has 3 aromatic carbocycles. The minimum absolute atomic E-state index is 0.0327. The van der Waals surface area contributed by atoms with Gasteiger partial charge in [-0.05, 0) is 60.5 Å². The van der Waals surface area contributed by atoms with Gasteiger partial charge in [0.05, 0.1) is 19.3 Å². The van der Waals surface area contributed by atoms with Crippen molar-refractivity contribution in [1.29, 1.82) is 0 Å². The summed E-state index contributed by atoms with van der Waals surface area (Å²) in [6.07, 6.45) is 0. The van der Waals surface area contributed by atoms with Crippen LogP contribution in [0.3, 0.4) is 0 Å². The summed E-state index contributed by atoms with van der Waals surface area (Å²) in [6, 6.07) is 15.9. The fraction of sp³-hybridized carbons (Fsp3) is 0.231. The van der Waals surface area contributed by atoms with Crippen molar-refractivity contribution in [2.75, 3.05) is 29.6 Å². The van der Waals surface area contributed by atoms with E-state index in [9.17, 15) is 18.4 Å². The minimum atomic E-state index is -1.30. The van der Waals surface area contributed by atoms with Crippen molar-refractivity contribution in [2.24, 2.45) is 0 Å². The minimum Gasteiger partial charge on any atom is -0.497 e. The van der Waals surface area contributed by atoms with E-state index < -0.39 is 22.5 Å². The molecular formula is C26H23F2N3O3S. The van der Waals surface area contributed by atoms with Crippen LogP contribution in [0.25, 0.3) is 0 Å². The Bertz CT molecular complexity index is 1330. The maximum absolute atomic E-state index is 14.0. The van der Waals surface area contributed by atoms with Gasteiger partial charge in [-0.3, -0.25) is 9.69 Å². The number of thioether (sulfide) groups is 1. The summed E-state index contributed by atoms with van der Waals surface area (Å²) in [4.78, 5) is 29.3. The average Bonchev–Trinajstić information content (AvgIpc) is 3.38. The zero-order chi connectivity index (χ0) is 24.7. The van der Waals surface area contributed by atoms with Crippen LogP contribution in [0.4, 0.5) is 25.0 Å². The van der Waals surface area contributed by atoms with Crippen molar-refractivity contribution in [3.8, 4) is 5.75 Å². The molecule has 0 bridgehead atoms. The number of halogens is 2. The predicted octanol–water partition coefficient (Wildman–Crippen LogP) is 5.26. The molecule has 0 aromatic heterocycles. The number of urea groups is 1. The number of carbonyl (C=O) groups excluding carboxylic acids is 2. The SMILES string of the molecule is COc1ccc2c(c1)[C@@]1(SCCN1C(=O)Nc1cccc(C)c1)C(=O)N2Cc1ccc(F)c(F)c1. The highest BCUT2D eigenvalue weighted by molar-refractivity contribution is 8.01. The van der Waals surface area contributed by atoms with E-state index >= 15 is 0 Å². The van der Waals surface area contributed by atoms with Crippen LogP contribution >= 0.6 is 11.8 Å². The molecule has 1 spiro atoms. The van der Waals surface area contributed by atoms with Crippen LogP contribution in [0.15, 0.2) is 60.7 Å². The van der Waals surface area contributed by atoms with Crippen LogP contribution in [-0.4, -0.2) is 36.2 Å². The van der Waals surface area contributed by atoms with Gasteiger partial charge < -0.3 is 15.0 Å². The van der Waals surface area contributed by atoms with Gasteiger partial charge in [0.25, 0.3) is 5.91 Å². The number of hydrogen-bond acceptors (Lipinski definition) is 4. The molecule has 2 aliphatic heterocycles. The first-order chi connectivity index (χ1) is 16.8. The van der Waals surface area contributed by atoms with Gasteiger partial charge in [0.15, 0.2) is 16.5 Å². The van der Waals surface area contributed by atoms with Crippen LogP contribution in [-0.2, 0) is 16.2 Å². The molecule has 0 unspecified atom stereocenters. The molecule has 0 radical (unpaired) electrons. The second kappa shape index (κ2) is 8.88. The van der Waals surface area contributed by atoms with Gasteiger partial charge in [-0.1, -0.05) is 18.2 Å². The Balaban J connectivity index is 1.55. The van der Waals surface area contributed by atoms with E-state index in [4.69, 9.17) is 4.74 Å². The summed E-state index contributed by atoms with van der Waals surface area (Å²) in [5.41, 5.74) is 3.31. The standard InChI is InChI=1S/C26H23F2N3O3S/c1-16-4-3-5-18(12-16)29-25(33)31-10-11-35-26(31)20-14-19(34-2)7-9-23(20)30(24(26)32)15-17-6-8-21(27)22(28)13-17/h3-9,12-14H,10-11,15H2,1-2H3,(H,29,33)/t26-/m1/s1. The maximum atomic E-state index is 14.0. The molecule has 9 heteroatoms. The summed E-state index contributed by atoms with van der Waals surface area (Å²) in [6.45, 7) is 2.33. The lowest BCUT2D eigenvalue weighted by Crippen LogP contribution is -2.51. The fourth-order valence-corrected chi connectivity index (χ4v) is 6.06. The molecule has 35 heavy (non-hydrogen) atoms. The van der Waals surface area contributed by atoms with Gasteiger partial charge in [-0.15, -0.1) is 11.8 Å². The van der Waals surface area contributed by atoms with Crippen LogP contribution in [0, 0.1) is 18.6 Å². The molecule has 5 rings (SSSR count). The quantitative estimate of drug-likeness (QED) is 0.536. The van der Waals surface area contributed by atoms with Crippen molar-refractivity contribution >= 4 is 35.1 Å². The topological polar surface area (TPSA) is 61.9 Å². The summed E-state index contributed by atoms with van der Waals surface area (Å²) in [5.74, 6) is -1.13. The number of fused-ring (bicyclic) bond motifs is 2. The Kier molecular flexibility index (Phi) is 5.88. The van der Waals surface area contributed by atoms with Gasteiger partial charge in [0.1, 0.15) is 5.75 Å². The molecule has 0 aliphatic carbocycles. The molecule has 2 aliphatic rings. The Labute approximate surface area is 205 Å². The van der Waals surface area contributed by atoms with E-state index in [0.717, 1.165) is 17.7 Å². The second-order valence-electron chi connectivity index (χ2n) is 8.47. The third kappa shape index (κ3) is 3.89. The van der Waals surface area contributed by atoms with Gasteiger partial charge in [-0.25, -0.2) is 13.6 Å². The normalized spacial score (nSPS) is 18.8. The molecule has 6 nitrogen and oxygen atoms in total. The highest BCUT2D eigenvalue weighted by atomic mass is 32.2. The van der Waals surface area contributed by atoms with Gasteiger partial charge >= 0.3 is 6.03 Å². The number of anilines is 2. The molecule has 3 amide bonds. The van der Waals surface area contributed by atoms with Crippen molar-refractivity contribution < 1.29 is 23.1 Å². The number of ether oxygens (including phenoxy) is 1. The Morgan fingerprint density at radius 3 is 2.69 bits per heavy atom. The third-order valence-electron chi connectivity index (χ3n) is 6.24. The largest absolute Gasteiger partial charge is 0.497 e. The lowest BCUT2D eigenvalue weighted by atomic mass is 10.1. The van der Waals surface area contributed by atoms with E-state index in [1.54, 1.807) is 29.2 Å². The summed E-state index contributed by atoms with van der Waals surface area (Å²) >= 11 is 1.38. The van der Waals surface area contributed by atoms with E-state index in [1.807, 2.05) is 25.1 Å². The monoisotopic (exact) mass is 495 g/mol. The summed E-state index contributed by atoms with van der Waals surface area (Å²) in [7, 11) is 1.54. The molecule has 180 valence electrons. The number of benzene rings is 3. The number of nitrogens with one attached hydrogen (secondary N) is 1. The number of rotatable bonds is 4. The van der Waals surface area contributed by atoms with E-state index in [0.29, 0.717) is 40.5 Å². The molecule has 1 N–H and O–H groups in total. The third-order valence-corrected chi connectivity index (χ3v) is 7.66. The van der Waals surface area contributed by atoms with E-state index in [-0.39, 0.29) is 12.5 Å². The van der Waals surface area contributed by atoms with Crippen LogP contribution in [0.2, 0.25) is 0 Å². The molecule has 2 heterocycles. The molecule has 1 atom stereocenters. The van der Waals surface area contributed by atoms with Crippen molar-refractivity contribution in [3.05, 3.63) is 89.0 Å². The number of aryl methyl sites for hydroxylation is 1. The Hall–Kier alpha value is -3.59. The van der Waals surface area contributed by atoms with E-state index in [2.05, 4.69) is 5.32 Å². The number of hydrogen-bond donors (Lipinski definition) is 1. The first kappa shape index (κ1) is 23.2. The van der Waals surface area contributed by atoms with Gasteiger partial charge in [-0.2, -0.15) is 0 Å². The highest BCUT2D eigenvalue weighted by Gasteiger charge is 2.59. The van der Waals surface area contributed by atoms with Gasteiger partial charge in [0, 0.05) is 23.5 Å². The molecule has 0 saturated carbocycles. The van der Waals surface area contributed by atoms with E-state index in [1.165, 1.54) is 29.8 Å². The fourth-order valence-electron chi connectivity index (χ4n) is 4.61. The van der Waals surface area contributed by atoms with Crippen molar-refractivity contribution in [3.63, 3.8) is 0 Å². The number of carbonyl (C=O) groups is 2. The molecule has 1 fully saturated rings.